The van der Waals surface area contributed by atoms with Gasteiger partial charge in [-0.05, 0) is 17.7 Å². The molecule has 0 aliphatic carbocycles. The average Bonchev–Trinajstić information content (AvgIpc) is 2.01. The van der Waals surface area contributed by atoms with E-state index in [9.17, 15) is 4.39 Å². The van der Waals surface area contributed by atoms with Crippen LogP contribution in [-0.2, 0) is 0 Å². The zero-order valence-electron chi connectivity index (χ0n) is 7.74. The van der Waals surface area contributed by atoms with Crippen molar-refractivity contribution < 1.29 is 4.39 Å². The predicted molar refractivity (Wildman–Crippen MR) is 59.0 cm³/mol. The fourth-order valence-corrected chi connectivity index (χ4v) is 1.30. The first-order chi connectivity index (χ1) is 6.34. The van der Waals surface area contributed by atoms with E-state index < -0.39 is 0 Å². The van der Waals surface area contributed by atoms with Crippen molar-refractivity contribution in [3.63, 3.8) is 0 Å². The van der Waals surface area contributed by atoms with Gasteiger partial charge in [0.25, 0.3) is 0 Å². The second-order valence-corrected chi connectivity index (χ2v) is 3.33. The second-order valence-electron chi connectivity index (χ2n) is 3.33. The molecule has 0 spiro atoms. The van der Waals surface area contributed by atoms with Crippen LogP contribution in [0.25, 0.3) is 6.08 Å². The Morgan fingerprint density at radius 3 is 2.71 bits per heavy atom. The molecule has 1 aliphatic heterocycles. The summed E-state index contributed by atoms with van der Waals surface area (Å²) in [5.41, 5.74) is 0.937. The van der Waals surface area contributed by atoms with Crippen LogP contribution in [0.5, 0.6) is 0 Å². The van der Waals surface area contributed by atoms with Crippen molar-refractivity contribution >= 4 is 18.5 Å². The number of hydrogen-bond donors (Lipinski definition) is 1. The van der Waals surface area contributed by atoms with Crippen molar-refractivity contribution in [1.82, 2.24) is 5.32 Å². The largest absolute Gasteiger partial charge is 0.315 e. The van der Waals surface area contributed by atoms with Gasteiger partial charge in [-0.2, -0.15) is 0 Å². The van der Waals surface area contributed by atoms with Crippen molar-refractivity contribution in [2.24, 2.45) is 5.92 Å². The summed E-state index contributed by atoms with van der Waals surface area (Å²) in [5.74, 6) is 0.456. The van der Waals surface area contributed by atoms with Gasteiger partial charge in [-0.3, -0.25) is 0 Å². The average molecular weight is 214 g/mol. The highest BCUT2D eigenvalue weighted by atomic mass is 35.5. The Hall–Kier alpha value is -0.860. The Bertz CT molecular complexity index is 321. The Morgan fingerprint density at radius 1 is 1.36 bits per heavy atom. The van der Waals surface area contributed by atoms with E-state index >= 15 is 0 Å². The molecule has 1 aromatic rings. The SMILES string of the molecule is Cl.Fc1cccc(/C=C/C2CNC2)c1. The minimum atomic E-state index is -0.172. The van der Waals surface area contributed by atoms with Crippen LogP contribution in [0, 0.1) is 11.7 Å². The summed E-state index contributed by atoms with van der Waals surface area (Å²) in [5, 5.41) is 3.18. The van der Waals surface area contributed by atoms with Crippen LogP contribution in [-0.4, -0.2) is 13.1 Å². The van der Waals surface area contributed by atoms with Crippen molar-refractivity contribution in [2.45, 2.75) is 0 Å². The number of benzene rings is 1. The van der Waals surface area contributed by atoms with Crippen LogP contribution in [0.3, 0.4) is 0 Å². The minimum absolute atomic E-state index is 0. The summed E-state index contributed by atoms with van der Waals surface area (Å²) in [7, 11) is 0. The predicted octanol–water partition coefficient (Wildman–Crippen LogP) is 2.48. The number of rotatable bonds is 2. The molecule has 0 radical (unpaired) electrons. The molecule has 0 saturated carbocycles. The zero-order valence-corrected chi connectivity index (χ0v) is 8.56. The van der Waals surface area contributed by atoms with Crippen molar-refractivity contribution in [1.29, 1.82) is 0 Å². The van der Waals surface area contributed by atoms with Crippen LogP contribution in [0.4, 0.5) is 4.39 Å². The second kappa shape index (κ2) is 5.13. The molecule has 1 fully saturated rings. The topological polar surface area (TPSA) is 12.0 Å². The molecular weight excluding hydrogens is 201 g/mol. The first-order valence-corrected chi connectivity index (χ1v) is 4.49. The maximum absolute atomic E-state index is 12.7. The van der Waals surface area contributed by atoms with E-state index in [0.717, 1.165) is 18.7 Å². The number of nitrogens with one attached hydrogen (secondary N) is 1. The maximum atomic E-state index is 12.7. The highest BCUT2D eigenvalue weighted by Gasteiger charge is 2.11. The lowest BCUT2D eigenvalue weighted by Gasteiger charge is -2.23. The highest BCUT2D eigenvalue weighted by molar-refractivity contribution is 5.85. The lowest BCUT2D eigenvalue weighted by atomic mass is 10.0. The summed E-state index contributed by atoms with van der Waals surface area (Å²) >= 11 is 0. The van der Waals surface area contributed by atoms with E-state index in [-0.39, 0.29) is 18.2 Å². The zero-order chi connectivity index (χ0) is 9.10. The Morgan fingerprint density at radius 2 is 2.14 bits per heavy atom. The molecule has 1 heterocycles. The van der Waals surface area contributed by atoms with Crippen LogP contribution >= 0.6 is 12.4 Å². The molecular formula is C11H13ClFN. The van der Waals surface area contributed by atoms with Gasteiger partial charge in [0, 0.05) is 19.0 Å². The van der Waals surface area contributed by atoms with Gasteiger partial charge < -0.3 is 5.32 Å². The third kappa shape index (κ3) is 2.82. The molecule has 0 aromatic heterocycles. The number of hydrogen-bond acceptors (Lipinski definition) is 1. The van der Waals surface area contributed by atoms with Gasteiger partial charge in [0.2, 0.25) is 0 Å². The maximum Gasteiger partial charge on any atom is 0.123 e. The molecule has 0 atom stereocenters. The summed E-state index contributed by atoms with van der Waals surface area (Å²) in [6.45, 7) is 2.09. The third-order valence-electron chi connectivity index (χ3n) is 2.22. The molecule has 1 saturated heterocycles. The standard InChI is InChI=1S/C11H12FN.ClH/c12-11-3-1-2-9(6-11)4-5-10-7-13-8-10;/h1-6,10,13H,7-8H2;1H/b5-4+;. The quantitative estimate of drug-likeness (QED) is 0.796. The lowest BCUT2D eigenvalue weighted by molar-refractivity contribution is 0.420. The minimum Gasteiger partial charge on any atom is -0.315 e. The van der Waals surface area contributed by atoms with Gasteiger partial charge in [0.1, 0.15) is 5.82 Å². The Labute approximate surface area is 89.4 Å². The third-order valence-corrected chi connectivity index (χ3v) is 2.22. The smallest absolute Gasteiger partial charge is 0.123 e. The van der Waals surface area contributed by atoms with E-state index in [2.05, 4.69) is 11.4 Å². The summed E-state index contributed by atoms with van der Waals surface area (Å²) in [4.78, 5) is 0. The van der Waals surface area contributed by atoms with Crippen molar-refractivity contribution in [2.75, 3.05) is 13.1 Å². The first kappa shape index (κ1) is 11.2. The summed E-state index contributed by atoms with van der Waals surface area (Å²) in [6.07, 6.45) is 4.11. The monoisotopic (exact) mass is 213 g/mol. The summed E-state index contributed by atoms with van der Waals surface area (Å²) in [6, 6.07) is 6.64. The van der Waals surface area contributed by atoms with Crippen molar-refractivity contribution in [3.05, 3.63) is 41.7 Å². The molecule has 1 aliphatic rings. The highest BCUT2D eigenvalue weighted by Crippen LogP contribution is 2.10. The number of halogens is 2. The fraction of sp³-hybridized carbons (Fsp3) is 0.273. The van der Waals surface area contributed by atoms with Crippen LogP contribution in [0.2, 0.25) is 0 Å². The first-order valence-electron chi connectivity index (χ1n) is 4.49. The molecule has 76 valence electrons. The van der Waals surface area contributed by atoms with E-state index in [1.807, 2.05) is 12.1 Å². The van der Waals surface area contributed by atoms with Gasteiger partial charge >= 0.3 is 0 Å². The molecule has 1 aromatic carbocycles. The normalized spacial score (nSPS) is 16.4. The molecule has 2 rings (SSSR count). The van der Waals surface area contributed by atoms with Crippen LogP contribution in [0.1, 0.15) is 5.56 Å². The van der Waals surface area contributed by atoms with Crippen LogP contribution in [0.15, 0.2) is 30.3 Å². The van der Waals surface area contributed by atoms with E-state index in [4.69, 9.17) is 0 Å². The van der Waals surface area contributed by atoms with Crippen LogP contribution < -0.4 is 5.32 Å². The van der Waals surface area contributed by atoms with E-state index in [1.165, 1.54) is 6.07 Å². The lowest BCUT2D eigenvalue weighted by Crippen LogP contribution is -2.40. The molecule has 0 bridgehead atoms. The van der Waals surface area contributed by atoms with Gasteiger partial charge in [-0.1, -0.05) is 24.3 Å². The molecule has 0 amide bonds. The fourth-order valence-electron chi connectivity index (χ4n) is 1.30. The summed E-state index contributed by atoms with van der Waals surface area (Å²) < 4.78 is 12.7. The van der Waals surface area contributed by atoms with Gasteiger partial charge in [0.05, 0.1) is 0 Å². The van der Waals surface area contributed by atoms with Crippen molar-refractivity contribution in [3.8, 4) is 0 Å². The molecule has 1 N–H and O–H groups in total. The molecule has 0 unspecified atom stereocenters. The van der Waals surface area contributed by atoms with Gasteiger partial charge in [-0.15, -0.1) is 12.4 Å². The van der Waals surface area contributed by atoms with E-state index in [1.54, 1.807) is 12.1 Å². The molecule has 3 heteroatoms. The Kier molecular flexibility index (Phi) is 4.11. The van der Waals surface area contributed by atoms with Gasteiger partial charge in [-0.25, -0.2) is 4.39 Å². The van der Waals surface area contributed by atoms with Gasteiger partial charge in [0.15, 0.2) is 0 Å². The Balaban J connectivity index is 0.000000980. The molecule has 1 nitrogen and oxygen atoms in total. The van der Waals surface area contributed by atoms with E-state index in [0.29, 0.717) is 5.92 Å². The molecule has 14 heavy (non-hydrogen) atoms.